The van der Waals surface area contributed by atoms with E-state index in [0.717, 1.165) is 5.56 Å². The fourth-order valence-electron chi connectivity index (χ4n) is 1.68. The molecule has 2 amide bonds. The summed E-state index contributed by atoms with van der Waals surface area (Å²) in [7, 11) is 0. The predicted octanol–water partition coefficient (Wildman–Crippen LogP) is 1.91. The number of amides is 2. The number of aryl methyl sites for hydroxylation is 1. The molecule has 0 aliphatic carbocycles. The van der Waals surface area contributed by atoms with Gasteiger partial charge in [-0.05, 0) is 25.7 Å². The highest BCUT2D eigenvalue weighted by Crippen LogP contribution is 2.10. The molecule has 1 aromatic rings. The molecule has 5 heteroatoms. The standard InChI is InChI=1S/C14H22N2O2S/c1-10-4-6-12(7-5-10)8-15-14(18)16-11(2)13(9-17)19-3/h4-7,11,13,17H,8-9H2,1-3H3,(H2,15,16,18). The van der Waals surface area contributed by atoms with Gasteiger partial charge in [0.05, 0.1) is 6.61 Å². The first kappa shape index (κ1) is 15.9. The number of carbonyl (C=O) groups excluding carboxylic acids is 1. The van der Waals surface area contributed by atoms with Crippen LogP contribution < -0.4 is 10.6 Å². The molecule has 1 aromatic carbocycles. The van der Waals surface area contributed by atoms with Crippen molar-refractivity contribution in [1.82, 2.24) is 10.6 Å². The summed E-state index contributed by atoms with van der Waals surface area (Å²) < 4.78 is 0. The number of hydrogen-bond donors (Lipinski definition) is 3. The molecule has 0 spiro atoms. The maximum Gasteiger partial charge on any atom is 0.315 e. The Balaban J connectivity index is 2.37. The van der Waals surface area contributed by atoms with Gasteiger partial charge < -0.3 is 15.7 Å². The number of nitrogens with one attached hydrogen (secondary N) is 2. The van der Waals surface area contributed by atoms with Gasteiger partial charge in [-0.25, -0.2) is 4.79 Å². The molecule has 0 bridgehead atoms. The van der Waals surface area contributed by atoms with E-state index >= 15 is 0 Å². The molecule has 0 aliphatic rings. The van der Waals surface area contributed by atoms with Crippen LogP contribution in [-0.2, 0) is 6.54 Å². The predicted molar refractivity (Wildman–Crippen MR) is 80.4 cm³/mol. The van der Waals surface area contributed by atoms with Crippen molar-refractivity contribution in [3.8, 4) is 0 Å². The van der Waals surface area contributed by atoms with E-state index in [1.165, 1.54) is 5.56 Å². The maximum absolute atomic E-state index is 11.7. The average Bonchev–Trinajstić information content (AvgIpc) is 2.39. The average molecular weight is 282 g/mol. The smallest absolute Gasteiger partial charge is 0.315 e. The Kier molecular flexibility index (Phi) is 6.73. The Labute approximate surface area is 119 Å². The van der Waals surface area contributed by atoms with E-state index in [4.69, 9.17) is 5.11 Å². The molecule has 3 N–H and O–H groups in total. The summed E-state index contributed by atoms with van der Waals surface area (Å²) in [5, 5.41) is 14.8. The van der Waals surface area contributed by atoms with E-state index in [0.29, 0.717) is 6.54 Å². The lowest BCUT2D eigenvalue weighted by Crippen LogP contribution is -2.45. The van der Waals surface area contributed by atoms with Crippen molar-refractivity contribution in [3.05, 3.63) is 35.4 Å². The van der Waals surface area contributed by atoms with Crippen LogP contribution in [0.5, 0.6) is 0 Å². The second kappa shape index (κ2) is 8.07. The Hall–Kier alpha value is -1.20. The molecule has 4 nitrogen and oxygen atoms in total. The quantitative estimate of drug-likeness (QED) is 0.747. The van der Waals surface area contributed by atoms with Gasteiger partial charge in [0.25, 0.3) is 0 Å². The molecule has 19 heavy (non-hydrogen) atoms. The third kappa shape index (κ3) is 5.53. The summed E-state index contributed by atoms with van der Waals surface area (Å²) in [4.78, 5) is 11.7. The minimum atomic E-state index is -0.208. The fraction of sp³-hybridized carbons (Fsp3) is 0.500. The Morgan fingerprint density at radius 2 is 2.00 bits per heavy atom. The van der Waals surface area contributed by atoms with E-state index in [2.05, 4.69) is 10.6 Å². The van der Waals surface area contributed by atoms with Crippen LogP contribution in [0.3, 0.4) is 0 Å². The fourth-order valence-corrected chi connectivity index (χ4v) is 2.30. The highest BCUT2D eigenvalue weighted by atomic mass is 32.2. The largest absolute Gasteiger partial charge is 0.395 e. The summed E-state index contributed by atoms with van der Waals surface area (Å²) in [5.41, 5.74) is 2.27. The van der Waals surface area contributed by atoms with Gasteiger partial charge in [0.2, 0.25) is 0 Å². The van der Waals surface area contributed by atoms with Crippen LogP contribution in [-0.4, -0.2) is 35.3 Å². The second-order valence-electron chi connectivity index (χ2n) is 4.56. The maximum atomic E-state index is 11.7. The molecular weight excluding hydrogens is 260 g/mol. The summed E-state index contributed by atoms with van der Waals surface area (Å²) >= 11 is 1.54. The van der Waals surface area contributed by atoms with Crippen LogP contribution in [0.15, 0.2) is 24.3 Å². The number of benzene rings is 1. The first-order valence-electron chi connectivity index (χ1n) is 6.30. The normalized spacial score (nSPS) is 13.7. The van der Waals surface area contributed by atoms with Crippen LogP contribution in [0.1, 0.15) is 18.1 Å². The SMILES string of the molecule is CSC(CO)C(C)NC(=O)NCc1ccc(C)cc1. The van der Waals surface area contributed by atoms with E-state index in [-0.39, 0.29) is 23.9 Å². The lowest BCUT2D eigenvalue weighted by molar-refractivity contribution is 0.232. The van der Waals surface area contributed by atoms with Crippen molar-refractivity contribution in [2.24, 2.45) is 0 Å². The van der Waals surface area contributed by atoms with Gasteiger partial charge in [0.15, 0.2) is 0 Å². The van der Waals surface area contributed by atoms with Gasteiger partial charge in [-0.2, -0.15) is 11.8 Å². The van der Waals surface area contributed by atoms with Crippen molar-refractivity contribution >= 4 is 17.8 Å². The number of hydrogen-bond acceptors (Lipinski definition) is 3. The molecular formula is C14H22N2O2S. The van der Waals surface area contributed by atoms with Crippen molar-refractivity contribution in [1.29, 1.82) is 0 Å². The Morgan fingerprint density at radius 1 is 1.37 bits per heavy atom. The number of aliphatic hydroxyl groups excluding tert-OH is 1. The minimum absolute atomic E-state index is 0.0186. The Bertz CT molecular complexity index is 391. The number of carbonyl (C=O) groups is 1. The minimum Gasteiger partial charge on any atom is -0.395 e. The number of rotatable bonds is 6. The first-order chi connectivity index (χ1) is 9.06. The van der Waals surface area contributed by atoms with Gasteiger partial charge in [0, 0.05) is 17.8 Å². The first-order valence-corrected chi connectivity index (χ1v) is 7.59. The van der Waals surface area contributed by atoms with Crippen molar-refractivity contribution in [3.63, 3.8) is 0 Å². The summed E-state index contributed by atoms with van der Waals surface area (Å²) in [6.45, 7) is 4.48. The van der Waals surface area contributed by atoms with Crippen LogP contribution in [0, 0.1) is 6.92 Å². The third-order valence-electron chi connectivity index (χ3n) is 2.97. The molecule has 1 rings (SSSR count). The molecule has 0 radical (unpaired) electrons. The molecule has 0 fully saturated rings. The Morgan fingerprint density at radius 3 is 2.53 bits per heavy atom. The van der Waals surface area contributed by atoms with Gasteiger partial charge in [-0.3, -0.25) is 0 Å². The molecule has 0 saturated heterocycles. The number of aliphatic hydroxyl groups is 1. The molecule has 0 heterocycles. The zero-order chi connectivity index (χ0) is 14.3. The highest BCUT2D eigenvalue weighted by molar-refractivity contribution is 7.99. The second-order valence-corrected chi connectivity index (χ2v) is 5.63. The molecule has 106 valence electrons. The lowest BCUT2D eigenvalue weighted by Gasteiger charge is -2.21. The monoisotopic (exact) mass is 282 g/mol. The third-order valence-corrected chi connectivity index (χ3v) is 4.14. The molecule has 2 unspecified atom stereocenters. The lowest BCUT2D eigenvalue weighted by atomic mass is 10.1. The van der Waals surface area contributed by atoms with E-state index < -0.39 is 0 Å². The van der Waals surface area contributed by atoms with Crippen LogP contribution in [0.4, 0.5) is 4.79 Å². The highest BCUT2D eigenvalue weighted by Gasteiger charge is 2.16. The summed E-state index contributed by atoms with van der Waals surface area (Å²) in [6, 6.07) is 7.76. The van der Waals surface area contributed by atoms with E-state index in [1.54, 1.807) is 11.8 Å². The van der Waals surface area contributed by atoms with Crippen LogP contribution in [0.2, 0.25) is 0 Å². The van der Waals surface area contributed by atoms with Crippen LogP contribution >= 0.6 is 11.8 Å². The summed E-state index contributed by atoms with van der Waals surface area (Å²) in [5.74, 6) is 0. The zero-order valence-corrected chi connectivity index (χ0v) is 12.5. The van der Waals surface area contributed by atoms with Gasteiger partial charge in [0.1, 0.15) is 0 Å². The molecule has 0 aliphatic heterocycles. The van der Waals surface area contributed by atoms with Gasteiger partial charge >= 0.3 is 6.03 Å². The number of thioether (sulfide) groups is 1. The topological polar surface area (TPSA) is 61.4 Å². The van der Waals surface area contributed by atoms with Crippen LogP contribution in [0.25, 0.3) is 0 Å². The van der Waals surface area contributed by atoms with Gasteiger partial charge in [-0.1, -0.05) is 29.8 Å². The van der Waals surface area contributed by atoms with Gasteiger partial charge in [-0.15, -0.1) is 0 Å². The van der Waals surface area contributed by atoms with E-state index in [9.17, 15) is 4.79 Å². The number of urea groups is 1. The molecule has 0 saturated carbocycles. The summed E-state index contributed by atoms with van der Waals surface area (Å²) in [6.07, 6.45) is 1.92. The zero-order valence-electron chi connectivity index (χ0n) is 11.6. The van der Waals surface area contributed by atoms with Crippen molar-refractivity contribution in [2.45, 2.75) is 31.7 Å². The van der Waals surface area contributed by atoms with Crippen molar-refractivity contribution in [2.75, 3.05) is 12.9 Å². The van der Waals surface area contributed by atoms with E-state index in [1.807, 2.05) is 44.4 Å². The van der Waals surface area contributed by atoms with Crippen molar-refractivity contribution < 1.29 is 9.90 Å². The molecule has 2 atom stereocenters. The molecule has 0 aromatic heterocycles.